The van der Waals surface area contributed by atoms with Gasteiger partial charge in [-0.25, -0.2) is 0 Å². The lowest BCUT2D eigenvalue weighted by Crippen LogP contribution is -1.90. The zero-order valence-corrected chi connectivity index (χ0v) is 6.98. The predicted molar refractivity (Wildman–Crippen MR) is 44.8 cm³/mol. The Kier molecular flexibility index (Phi) is 3.02. The van der Waals surface area contributed by atoms with E-state index in [0.29, 0.717) is 12.2 Å². The summed E-state index contributed by atoms with van der Waals surface area (Å²) < 4.78 is 5.32. The lowest BCUT2D eigenvalue weighted by molar-refractivity contribution is 0.374. The first-order chi connectivity index (χ1) is 5.38. The molecule has 0 spiro atoms. The van der Waals surface area contributed by atoms with Crippen molar-refractivity contribution in [3.63, 3.8) is 0 Å². The molecule has 1 heteroatoms. The minimum atomic E-state index is 0.364. The molecule has 0 N–H and O–H groups in total. The van der Waals surface area contributed by atoms with Crippen molar-refractivity contribution in [2.75, 3.05) is 0 Å². The normalized spacial score (nSPS) is 26.0. The van der Waals surface area contributed by atoms with Crippen LogP contribution in [0, 0.1) is 23.7 Å². The highest BCUT2D eigenvalue weighted by atomic mass is 16.6. The maximum atomic E-state index is 5.32. The molecule has 1 aliphatic heterocycles. The van der Waals surface area contributed by atoms with Gasteiger partial charge in [-0.2, -0.15) is 0 Å². The number of epoxide rings is 1. The maximum Gasteiger partial charge on any atom is 0.0960 e. The summed E-state index contributed by atoms with van der Waals surface area (Å²) >= 11 is 0. The first-order valence-corrected chi connectivity index (χ1v) is 3.83. The van der Waals surface area contributed by atoms with Crippen molar-refractivity contribution in [2.45, 2.75) is 38.9 Å². The van der Waals surface area contributed by atoms with Crippen LogP contribution in [-0.4, -0.2) is 12.2 Å². The van der Waals surface area contributed by atoms with Crippen LogP contribution < -0.4 is 0 Å². The van der Waals surface area contributed by atoms with Crippen LogP contribution in [0.3, 0.4) is 0 Å². The van der Waals surface area contributed by atoms with E-state index in [9.17, 15) is 0 Å². The van der Waals surface area contributed by atoms with E-state index < -0.39 is 0 Å². The van der Waals surface area contributed by atoms with Crippen molar-refractivity contribution in [3.8, 4) is 23.7 Å². The van der Waals surface area contributed by atoms with Crippen LogP contribution in [0.15, 0.2) is 0 Å². The minimum Gasteiger partial charge on any atom is -0.368 e. The summed E-state index contributed by atoms with van der Waals surface area (Å²) in [6, 6.07) is 0. The Hall–Kier alpha value is -0.920. The molecule has 0 aliphatic carbocycles. The quantitative estimate of drug-likeness (QED) is 0.428. The molecule has 1 nitrogen and oxygen atoms in total. The molecule has 1 fully saturated rings. The Bertz CT molecular complexity index is 207. The van der Waals surface area contributed by atoms with E-state index in [-0.39, 0.29) is 0 Å². The molecule has 0 bridgehead atoms. The fourth-order valence-electron chi connectivity index (χ4n) is 0.944. The van der Waals surface area contributed by atoms with Crippen LogP contribution in [0.2, 0.25) is 0 Å². The Morgan fingerprint density at radius 1 is 1.00 bits per heavy atom. The summed E-state index contributed by atoms with van der Waals surface area (Å²) in [5.41, 5.74) is 0. The summed E-state index contributed by atoms with van der Waals surface area (Å²) in [6.07, 6.45) is 2.46. The average molecular weight is 148 g/mol. The Morgan fingerprint density at radius 3 is 1.82 bits per heavy atom. The minimum absolute atomic E-state index is 0.364. The standard InChI is InChI=1S/C10H12O/c1-3-5-7-9-10(11-9)8-6-4-2/h9-10H,7-8H2,1-2H3. The summed E-state index contributed by atoms with van der Waals surface area (Å²) in [5, 5.41) is 0. The summed E-state index contributed by atoms with van der Waals surface area (Å²) in [4.78, 5) is 0. The van der Waals surface area contributed by atoms with E-state index in [1.165, 1.54) is 0 Å². The monoisotopic (exact) mass is 148 g/mol. The molecule has 1 aliphatic rings. The van der Waals surface area contributed by atoms with Gasteiger partial charge in [0, 0.05) is 12.8 Å². The predicted octanol–water partition coefficient (Wildman–Crippen LogP) is 1.58. The van der Waals surface area contributed by atoms with Gasteiger partial charge in [-0.1, -0.05) is 0 Å². The SMILES string of the molecule is CC#CCC1OC1CC#CC. The van der Waals surface area contributed by atoms with E-state index in [1.807, 2.05) is 13.8 Å². The first-order valence-electron chi connectivity index (χ1n) is 3.83. The smallest absolute Gasteiger partial charge is 0.0960 e. The number of hydrogen-bond acceptors (Lipinski definition) is 1. The van der Waals surface area contributed by atoms with Gasteiger partial charge in [0.15, 0.2) is 0 Å². The zero-order chi connectivity index (χ0) is 8.10. The molecule has 0 saturated carbocycles. The summed E-state index contributed by atoms with van der Waals surface area (Å²) in [5.74, 6) is 11.7. The molecule has 0 aromatic heterocycles. The van der Waals surface area contributed by atoms with Gasteiger partial charge < -0.3 is 4.74 Å². The number of ether oxygens (including phenoxy) is 1. The molecule has 1 saturated heterocycles. The Morgan fingerprint density at radius 2 is 1.45 bits per heavy atom. The third kappa shape index (κ3) is 2.66. The first kappa shape index (κ1) is 8.18. The second-order valence-corrected chi connectivity index (χ2v) is 2.47. The molecular formula is C10H12O. The van der Waals surface area contributed by atoms with Crippen LogP contribution >= 0.6 is 0 Å². The van der Waals surface area contributed by atoms with Gasteiger partial charge in [-0.05, 0) is 13.8 Å². The second kappa shape index (κ2) is 4.06. The molecule has 1 rings (SSSR count). The molecule has 0 amide bonds. The van der Waals surface area contributed by atoms with Crippen LogP contribution in [0.1, 0.15) is 26.7 Å². The highest BCUT2D eigenvalue weighted by molar-refractivity contribution is 5.07. The van der Waals surface area contributed by atoms with E-state index in [1.54, 1.807) is 0 Å². The van der Waals surface area contributed by atoms with Crippen LogP contribution in [0.4, 0.5) is 0 Å². The van der Waals surface area contributed by atoms with E-state index in [2.05, 4.69) is 23.7 Å². The fourth-order valence-corrected chi connectivity index (χ4v) is 0.944. The van der Waals surface area contributed by atoms with Crippen LogP contribution in [-0.2, 0) is 4.74 Å². The lowest BCUT2D eigenvalue weighted by Gasteiger charge is -1.80. The molecule has 2 unspecified atom stereocenters. The molecule has 58 valence electrons. The zero-order valence-electron chi connectivity index (χ0n) is 6.98. The fraction of sp³-hybridized carbons (Fsp3) is 0.600. The van der Waals surface area contributed by atoms with Crippen LogP contribution in [0.25, 0.3) is 0 Å². The van der Waals surface area contributed by atoms with E-state index >= 15 is 0 Å². The summed E-state index contributed by atoms with van der Waals surface area (Å²) in [6.45, 7) is 3.70. The summed E-state index contributed by atoms with van der Waals surface area (Å²) in [7, 11) is 0. The molecule has 0 radical (unpaired) electrons. The maximum absolute atomic E-state index is 5.32. The highest BCUT2D eigenvalue weighted by Crippen LogP contribution is 2.27. The number of rotatable bonds is 2. The van der Waals surface area contributed by atoms with Gasteiger partial charge in [0.05, 0.1) is 12.2 Å². The van der Waals surface area contributed by atoms with Gasteiger partial charge in [-0.3, -0.25) is 0 Å². The molecule has 2 atom stereocenters. The molecule has 1 heterocycles. The van der Waals surface area contributed by atoms with E-state index in [0.717, 1.165) is 12.8 Å². The topological polar surface area (TPSA) is 12.5 Å². The molecule has 0 aromatic carbocycles. The van der Waals surface area contributed by atoms with Crippen molar-refractivity contribution >= 4 is 0 Å². The van der Waals surface area contributed by atoms with Gasteiger partial charge in [0.25, 0.3) is 0 Å². The van der Waals surface area contributed by atoms with Gasteiger partial charge in [0.2, 0.25) is 0 Å². The van der Waals surface area contributed by atoms with Crippen molar-refractivity contribution < 1.29 is 4.74 Å². The molecule has 0 aromatic rings. The Balaban J connectivity index is 2.13. The van der Waals surface area contributed by atoms with Gasteiger partial charge >= 0.3 is 0 Å². The van der Waals surface area contributed by atoms with Crippen molar-refractivity contribution in [1.82, 2.24) is 0 Å². The van der Waals surface area contributed by atoms with Gasteiger partial charge in [0.1, 0.15) is 0 Å². The third-order valence-electron chi connectivity index (χ3n) is 1.65. The molecular weight excluding hydrogens is 136 g/mol. The third-order valence-corrected chi connectivity index (χ3v) is 1.65. The average Bonchev–Trinajstić information content (AvgIpc) is 2.76. The Labute approximate surface area is 68.1 Å². The second-order valence-electron chi connectivity index (χ2n) is 2.47. The van der Waals surface area contributed by atoms with Crippen molar-refractivity contribution in [1.29, 1.82) is 0 Å². The molecule has 11 heavy (non-hydrogen) atoms. The number of hydrogen-bond donors (Lipinski definition) is 0. The van der Waals surface area contributed by atoms with Gasteiger partial charge in [-0.15, -0.1) is 23.7 Å². The van der Waals surface area contributed by atoms with E-state index in [4.69, 9.17) is 4.74 Å². The van der Waals surface area contributed by atoms with Crippen molar-refractivity contribution in [2.24, 2.45) is 0 Å². The lowest BCUT2D eigenvalue weighted by atomic mass is 10.2. The highest BCUT2D eigenvalue weighted by Gasteiger charge is 2.36. The van der Waals surface area contributed by atoms with Crippen molar-refractivity contribution in [3.05, 3.63) is 0 Å². The largest absolute Gasteiger partial charge is 0.368 e. The van der Waals surface area contributed by atoms with Crippen LogP contribution in [0.5, 0.6) is 0 Å².